The number of amides is 1. The highest BCUT2D eigenvalue weighted by atomic mass is 35.5. The summed E-state index contributed by atoms with van der Waals surface area (Å²) >= 11 is 12.3. The molecule has 10 heteroatoms. The summed E-state index contributed by atoms with van der Waals surface area (Å²) in [5.41, 5.74) is 4.92. The Hall–Kier alpha value is -3.43. The number of nitrogens with one attached hydrogen (secondary N) is 3. The lowest BCUT2D eigenvalue weighted by atomic mass is 10.1. The summed E-state index contributed by atoms with van der Waals surface area (Å²) in [7, 11) is -3.78. The van der Waals surface area contributed by atoms with Gasteiger partial charge in [0.05, 0.1) is 32.5 Å². The maximum Gasteiger partial charge on any atom is 0.258 e. The van der Waals surface area contributed by atoms with Crippen molar-refractivity contribution in [1.82, 2.24) is 9.82 Å². The Bertz CT molecular complexity index is 1470. The highest BCUT2D eigenvalue weighted by molar-refractivity contribution is 7.92. The molecule has 4 aromatic rings. The van der Waals surface area contributed by atoms with Crippen molar-refractivity contribution in [2.45, 2.75) is 0 Å². The van der Waals surface area contributed by atoms with Gasteiger partial charge in [-0.1, -0.05) is 71.7 Å². The van der Waals surface area contributed by atoms with E-state index >= 15 is 0 Å². The quantitative estimate of drug-likeness (QED) is 0.275. The molecule has 7 nitrogen and oxygen atoms in total. The molecule has 0 aliphatic rings. The number of pyridine rings is 1. The molecule has 0 bridgehead atoms. The van der Waals surface area contributed by atoms with Gasteiger partial charge in [-0.2, -0.15) is 0 Å². The van der Waals surface area contributed by atoms with E-state index in [9.17, 15) is 13.2 Å². The second-order valence-electron chi connectivity index (χ2n) is 7.10. The van der Waals surface area contributed by atoms with Crippen LogP contribution in [0.25, 0.3) is 17.0 Å². The number of hydrogen-bond donors (Lipinski definition) is 3. The lowest BCUT2D eigenvalue weighted by Gasteiger charge is -2.13. The van der Waals surface area contributed by atoms with Crippen LogP contribution in [0, 0.1) is 0 Å². The van der Waals surface area contributed by atoms with Gasteiger partial charge in [0.25, 0.3) is 5.91 Å². The van der Waals surface area contributed by atoms with Crippen molar-refractivity contribution in [3.63, 3.8) is 0 Å². The van der Waals surface area contributed by atoms with E-state index in [1.165, 1.54) is 12.3 Å². The number of nitrogens with zero attached hydrogens (tertiary/aromatic N) is 1. The SMILES string of the molecule is O=C(Nc1cccc2c(NNS(=O)(=O)/C=C/c3ccccc3)ccnc12)c1c(Cl)cccc1Cl. The predicted molar refractivity (Wildman–Crippen MR) is 137 cm³/mol. The summed E-state index contributed by atoms with van der Waals surface area (Å²) in [5, 5.41) is 4.87. The summed E-state index contributed by atoms with van der Waals surface area (Å²) in [6, 6.07) is 20.6. The second kappa shape index (κ2) is 10.2. The molecule has 0 fully saturated rings. The molecule has 0 aliphatic carbocycles. The fraction of sp³-hybridized carbons (Fsp3) is 0. The molecular weight excluding hydrogens is 495 g/mol. The smallest absolute Gasteiger partial charge is 0.258 e. The Morgan fingerprint density at radius 2 is 1.56 bits per heavy atom. The second-order valence-corrected chi connectivity index (χ2v) is 9.48. The largest absolute Gasteiger partial charge is 0.320 e. The van der Waals surface area contributed by atoms with Gasteiger partial charge in [0.15, 0.2) is 0 Å². The molecule has 0 aliphatic heterocycles. The Labute approximate surface area is 206 Å². The van der Waals surface area contributed by atoms with Crippen LogP contribution in [0.2, 0.25) is 10.0 Å². The van der Waals surface area contributed by atoms with Crippen LogP contribution in [0.3, 0.4) is 0 Å². The molecule has 0 unspecified atom stereocenters. The summed E-state index contributed by atoms with van der Waals surface area (Å²) in [4.78, 5) is 19.5. The van der Waals surface area contributed by atoms with E-state index in [-0.39, 0.29) is 15.6 Å². The minimum atomic E-state index is -3.78. The Kier molecular flexibility index (Phi) is 7.14. The maximum atomic E-state index is 12.8. The zero-order chi connectivity index (χ0) is 24.1. The van der Waals surface area contributed by atoms with Crippen LogP contribution in [0.15, 0.2) is 84.4 Å². The Balaban J connectivity index is 1.56. The number of halogens is 2. The lowest BCUT2D eigenvalue weighted by Crippen LogP contribution is -2.27. The van der Waals surface area contributed by atoms with E-state index in [0.717, 1.165) is 11.0 Å². The van der Waals surface area contributed by atoms with Crippen molar-refractivity contribution >= 4 is 67.5 Å². The number of rotatable bonds is 7. The van der Waals surface area contributed by atoms with E-state index in [4.69, 9.17) is 23.2 Å². The topological polar surface area (TPSA) is 100 Å². The van der Waals surface area contributed by atoms with Gasteiger partial charge < -0.3 is 10.7 Å². The van der Waals surface area contributed by atoms with E-state index in [1.807, 2.05) is 18.2 Å². The number of para-hydroxylation sites is 1. The van der Waals surface area contributed by atoms with Crippen molar-refractivity contribution in [1.29, 1.82) is 0 Å². The third kappa shape index (κ3) is 5.55. The highest BCUT2D eigenvalue weighted by Gasteiger charge is 2.17. The molecule has 34 heavy (non-hydrogen) atoms. The molecule has 1 heterocycles. The molecule has 3 aromatic carbocycles. The van der Waals surface area contributed by atoms with Crippen molar-refractivity contribution < 1.29 is 13.2 Å². The van der Waals surface area contributed by atoms with E-state index in [0.29, 0.717) is 22.3 Å². The standard InChI is InChI=1S/C24H18Cl2N4O3S/c25-18-9-5-10-19(26)22(18)24(31)28-21-11-4-8-17-20(12-14-27-23(17)21)29-30-34(32,33)15-13-16-6-2-1-3-7-16/h1-15,30H,(H,27,29)(H,28,31)/b15-13+. The number of hydrogen-bond acceptors (Lipinski definition) is 5. The number of fused-ring (bicyclic) bond motifs is 1. The predicted octanol–water partition coefficient (Wildman–Crippen LogP) is 5.71. The molecule has 0 saturated carbocycles. The van der Waals surface area contributed by atoms with Crippen LogP contribution in [-0.4, -0.2) is 19.3 Å². The van der Waals surface area contributed by atoms with E-state index in [2.05, 4.69) is 20.6 Å². The van der Waals surface area contributed by atoms with Gasteiger partial charge in [0, 0.05) is 17.0 Å². The van der Waals surface area contributed by atoms with Crippen LogP contribution < -0.4 is 15.6 Å². The molecule has 3 N–H and O–H groups in total. The molecule has 1 aromatic heterocycles. The van der Waals surface area contributed by atoms with Crippen LogP contribution in [0.4, 0.5) is 11.4 Å². The third-order valence-corrected chi connectivity index (χ3v) is 6.29. The first kappa shape index (κ1) is 23.7. The van der Waals surface area contributed by atoms with Gasteiger partial charge >= 0.3 is 0 Å². The summed E-state index contributed by atoms with van der Waals surface area (Å²) in [6.07, 6.45) is 2.99. The number of hydrazine groups is 1. The number of sulfonamides is 1. The van der Waals surface area contributed by atoms with E-state index < -0.39 is 15.9 Å². The van der Waals surface area contributed by atoms with Crippen LogP contribution in [-0.2, 0) is 10.0 Å². The first-order valence-electron chi connectivity index (χ1n) is 9.98. The zero-order valence-corrected chi connectivity index (χ0v) is 19.8. The normalized spacial score (nSPS) is 11.6. The lowest BCUT2D eigenvalue weighted by molar-refractivity contribution is 0.102. The van der Waals surface area contributed by atoms with Crippen molar-refractivity contribution in [3.05, 3.63) is 106 Å². The Morgan fingerprint density at radius 3 is 2.29 bits per heavy atom. The number of carbonyl (C=O) groups excluding carboxylic acids is 1. The molecule has 0 radical (unpaired) electrons. The van der Waals surface area contributed by atoms with Gasteiger partial charge in [0.1, 0.15) is 0 Å². The van der Waals surface area contributed by atoms with E-state index in [1.54, 1.807) is 54.6 Å². The molecule has 1 amide bonds. The highest BCUT2D eigenvalue weighted by Crippen LogP contribution is 2.29. The summed E-state index contributed by atoms with van der Waals surface area (Å²) in [5.74, 6) is -0.491. The molecule has 0 atom stereocenters. The molecular formula is C24H18Cl2N4O3S. The minimum absolute atomic E-state index is 0.148. The summed E-state index contributed by atoms with van der Waals surface area (Å²) in [6.45, 7) is 0. The van der Waals surface area contributed by atoms with Crippen LogP contribution >= 0.6 is 23.2 Å². The summed E-state index contributed by atoms with van der Waals surface area (Å²) < 4.78 is 24.8. The first-order chi connectivity index (χ1) is 16.3. The monoisotopic (exact) mass is 512 g/mol. The van der Waals surface area contributed by atoms with Crippen molar-refractivity contribution in [2.75, 3.05) is 10.7 Å². The molecule has 0 spiro atoms. The molecule has 172 valence electrons. The van der Waals surface area contributed by atoms with Gasteiger partial charge in [-0.3, -0.25) is 9.78 Å². The molecule has 0 saturated heterocycles. The minimum Gasteiger partial charge on any atom is -0.320 e. The van der Waals surface area contributed by atoms with Crippen molar-refractivity contribution in [3.8, 4) is 0 Å². The van der Waals surface area contributed by atoms with Crippen LogP contribution in [0.5, 0.6) is 0 Å². The Morgan fingerprint density at radius 1 is 0.853 bits per heavy atom. The third-order valence-electron chi connectivity index (χ3n) is 4.78. The first-order valence-corrected chi connectivity index (χ1v) is 12.3. The molecule has 4 rings (SSSR count). The average Bonchev–Trinajstić information content (AvgIpc) is 2.82. The van der Waals surface area contributed by atoms with Gasteiger partial charge in [-0.15, -0.1) is 4.83 Å². The van der Waals surface area contributed by atoms with Crippen LogP contribution in [0.1, 0.15) is 15.9 Å². The number of carbonyl (C=O) groups is 1. The fourth-order valence-corrected chi connectivity index (χ4v) is 4.40. The van der Waals surface area contributed by atoms with Gasteiger partial charge in [0.2, 0.25) is 10.0 Å². The maximum absolute atomic E-state index is 12.8. The van der Waals surface area contributed by atoms with Gasteiger partial charge in [-0.25, -0.2) is 8.42 Å². The van der Waals surface area contributed by atoms with Crippen molar-refractivity contribution in [2.24, 2.45) is 0 Å². The number of aromatic nitrogens is 1. The zero-order valence-electron chi connectivity index (χ0n) is 17.5. The number of anilines is 2. The average molecular weight is 513 g/mol. The fourth-order valence-electron chi connectivity index (χ4n) is 3.18. The van der Waals surface area contributed by atoms with Gasteiger partial charge in [-0.05, 0) is 35.9 Å². The number of benzene rings is 3.